The zero-order valence-corrected chi connectivity index (χ0v) is 17.6. The van der Waals surface area contributed by atoms with Gasteiger partial charge in [0.1, 0.15) is 0 Å². The summed E-state index contributed by atoms with van der Waals surface area (Å²) in [4.78, 5) is 10.6. The second-order valence-corrected chi connectivity index (χ2v) is 7.09. The number of hydrogen-bond acceptors (Lipinski definition) is 4. The molecule has 0 saturated heterocycles. The van der Waals surface area contributed by atoms with Crippen LogP contribution in [0.3, 0.4) is 0 Å². The summed E-state index contributed by atoms with van der Waals surface area (Å²) < 4.78 is 4.92. The second kappa shape index (κ2) is 31.1. The molecule has 0 unspecified atom stereocenters. The molecule has 0 aliphatic heterocycles. The Morgan fingerprint density at radius 3 is 1.19 bits per heavy atom. The van der Waals surface area contributed by atoms with E-state index in [-0.39, 0.29) is 48.7 Å². The third-order valence-electron chi connectivity index (χ3n) is 4.40. The van der Waals surface area contributed by atoms with Crippen LogP contribution in [0.4, 0.5) is 0 Å². The van der Waals surface area contributed by atoms with Crippen LogP contribution < -0.4 is 0 Å². The van der Waals surface area contributed by atoms with E-state index in [2.05, 4.69) is 6.92 Å². The Morgan fingerprint density at radius 1 is 0.630 bits per heavy atom. The third-order valence-corrected chi connectivity index (χ3v) is 4.40. The van der Waals surface area contributed by atoms with E-state index in [1.807, 2.05) is 0 Å². The van der Waals surface area contributed by atoms with Gasteiger partial charge in [-0.05, 0) is 6.42 Å². The molecule has 0 rings (SSSR count). The molecule has 0 heterocycles. The van der Waals surface area contributed by atoms with Crippen LogP contribution in [0.15, 0.2) is 0 Å². The molecule has 0 aliphatic rings. The molecule has 0 saturated carbocycles. The zero-order chi connectivity index (χ0) is 19.7. The average Bonchev–Trinajstić information content (AvgIpc) is 2.64. The van der Waals surface area contributed by atoms with Crippen molar-refractivity contribution in [2.75, 3.05) is 19.8 Å². The fraction of sp³-hybridized carbons (Fsp3) is 0.955. The van der Waals surface area contributed by atoms with Crippen LogP contribution in [-0.4, -0.2) is 65.6 Å². The predicted octanol–water partition coefficient (Wildman–Crippen LogP) is 5.13. The molecule has 160 valence electrons. The number of aliphatic hydroxyl groups is 2. The maximum absolute atomic E-state index is 10.6. The number of esters is 1. The van der Waals surface area contributed by atoms with E-state index < -0.39 is 0 Å². The standard InChI is InChI=1S/C20H40O2.C2H6O2.Na.H/c1-3-4-5-6-7-8-9-10-11-12-13-14-15-16-17-18-19-22-20(2)21;3-1-2-4;;/h3-19H2,1-2H3;3-4H,1-2H2;;. The van der Waals surface area contributed by atoms with Gasteiger partial charge in [0.25, 0.3) is 0 Å². The number of carbonyl (C=O) groups is 1. The van der Waals surface area contributed by atoms with Crippen LogP contribution in [0, 0.1) is 0 Å². The molecule has 0 aromatic rings. The van der Waals surface area contributed by atoms with Crippen molar-refractivity contribution in [1.82, 2.24) is 0 Å². The first-order valence-electron chi connectivity index (χ1n) is 11.0. The van der Waals surface area contributed by atoms with Crippen molar-refractivity contribution < 1.29 is 19.7 Å². The van der Waals surface area contributed by atoms with Crippen molar-refractivity contribution in [3.63, 3.8) is 0 Å². The predicted molar refractivity (Wildman–Crippen MR) is 117 cm³/mol. The summed E-state index contributed by atoms with van der Waals surface area (Å²) in [5.74, 6) is -0.152. The summed E-state index contributed by atoms with van der Waals surface area (Å²) in [7, 11) is 0. The van der Waals surface area contributed by atoms with E-state index in [1.165, 1.54) is 103 Å². The van der Waals surface area contributed by atoms with E-state index in [0.29, 0.717) is 6.61 Å². The molecular weight excluding hydrogens is 351 g/mol. The molecule has 4 nitrogen and oxygen atoms in total. The van der Waals surface area contributed by atoms with Gasteiger partial charge < -0.3 is 14.9 Å². The van der Waals surface area contributed by atoms with E-state index in [4.69, 9.17) is 14.9 Å². The quantitative estimate of drug-likeness (QED) is 0.191. The number of carbonyl (C=O) groups excluding carboxylic acids is 1. The molecule has 5 heteroatoms. The van der Waals surface area contributed by atoms with E-state index in [0.717, 1.165) is 6.42 Å². The van der Waals surface area contributed by atoms with E-state index in [1.54, 1.807) is 0 Å². The van der Waals surface area contributed by atoms with Gasteiger partial charge in [0, 0.05) is 6.92 Å². The Bertz CT molecular complexity index is 261. The number of hydrogen-bond donors (Lipinski definition) is 2. The molecule has 0 radical (unpaired) electrons. The van der Waals surface area contributed by atoms with Crippen LogP contribution in [0.5, 0.6) is 0 Å². The van der Waals surface area contributed by atoms with Crippen LogP contribution in [-0.2, 0) is 9.53 Å². The van der Waals surface area contributed by atoms with Crippen LogP contribution in [0.1, 0.15) is 117 Å². The van der Waals surface area contributed by atoms with E-state index >= 15 is 0 Å². The van der Waals surface area contributed by atoms with Gasteiger partial charge in [-0.1, -0.05) is 103 Å². The normalized spacial score (nSPS) is 9.93. The summed E-state index contributed by atoms with van der Waals surface area (Å²) in [5, 5.41) is 15.2. The fourth-order valence-electron chi connectivity index (χ4n) is 2.87. The summed E-state index contributed by atoms with van der Waals surface area (Å²) >= 11 is 0. The summed E-state index contributed by atoms with van der Waals surface area (Å²) in [5.41, 5.74) is 0. The number of unbranched alkanes of at least 4 members (excludes halogenated alkanes) is 15. The van der Waals surface area contributed by atoms with Crippen molar-refractivity contribution >= 4 is 35.5 Å². The molecule has 27 heavy (non-hydrogen) atoms. The molecular formula is C22H47NaO4. The maximum atomic E-state index is 10.6. The van der Waals surface area contributed by atoms with Crippen LogP contribution in [0.25, 0.3) is 0 Å². The fourth-order valence-corrected chi connectivity index (χ4v) is 2.87. The van der Waals surface area contributed by atoms with Crippen molar-refractivity contribution in [2.24, 2.45) is 0 Å². The minimum atomic E-state index is -0.152. The van der Waals surface area contributed by atoms with Crippen LogP contribution >= 0.6 is 0 Å². The molecule has 0 spiro atoms. The van der Waals surface area contributed by atoms with Crippen molar-refractivity contribution in [1.29, 1.82) is 0 Å². The summed E-state index contributed by atoms with van der Waals surface area (Å²) in [6.45, 7) is 4.11. The minimum absolute atomic E-state index is 0. The number of aliphatic hydroxyl groups excluding tert-OH is 2. The van der Waals surface area contributed by atoms with Gasteiger partial charge in [-0.2, -0.15) is 0 Å². The molecule has 0 aliphatic carbocycles. The Kier molecular flexibility index (Phi) is 36.9. The average molecular weight is 399 g/mol. The first kappa shape index (κ1) is 32.1. The van der Waals surface area contributed by atoms with Gasteiger partial charge in [-0.15, -0.1) is 0 Å². The van der Waals surface area contributed by atoms with E-state index in [9.17, 15) is 4.79 Å². The first-order valence-corrected chi connectivity index (χ1v) is 11.0. The monoisotopic (exact) mass is 398 g/mol. The molecule has 0 bridgehead atoms. The molecule has 0 aromatic heterocycles. The third kappa shape index (κ3) is 37.8. The van der Waals surface area contributed by atoms with Gasteiger partial charge in [0.15, 0.2) is 0 Å². The van der Waals surface area contributed by atoms with Gasteiger partial charge in [0.05, 0.1) is 19.8 Å². The molecule has 0 amide bonds. The molecule has 0 fully saturated rings. The van der Waals surface area contributed by atoms with Crippen molar-refractivity contribution in [2.45, 2.75) is 117 Å². The summed E-state index contributed by atoms with van der Waals surface area (Å²) in [6.07, 6.45) is 22.0. The molecule has 0 atom stereocenters. The van der Waals surface area contributed by atoms with Gasteiger partial charge in [0.2, 0.25) is 0 Å². The van der Waals surface area contributed by atoms with Crippen LogP contribution in [0.2, 0.25) is 0 Å². The molecule has 0 aromatic carbocycles. The summed E-state index contributed by atoms with van der Waals surface area (Å²) in [6, 6.07) is 0. The number of ether oxygens (including phenoxy) is 1. The Hall–Kier alpha value is 0.390. The second-order valence-electron chi connectivity index (χ2n) is 7.09. The molecule has 2 N–H and O–H groups in total. The SMILES string of the molecule is CCCCCCCCCCCCCCCCCCOC(C)=O.OCCO.[NaH]. The van der Waals surface area contributed by atoms with Gasteiger partial charge >= 0.3 is 35.5 Å². The van der Waals surface area contributed by atoms with Gasteiger partial charge in [-0.25, -0.2) is 0 Å². The van der Waals surface area contributed by atoms with Crippen molar-refractivity contribution in [3.8, 4) is 0 Å². The van der Waals surface area contributed by atoms with Crippen molar-refractivity contribution in [3.05, 3.63) is 0 Å². The Balaban J connectivity index is -0.00000104. The Labute approximate surface area is 191 Å². The zero-order valence-electron chi connectivity index (χ0n) is 17.6. The number of rotatable bonds is 18. The Morgan fingerprint density at radius 2 is 0.926 bits per heavy atom. The van der Waals surface area contributed by atoms with Gasteiger partial charge in [-0.3, -0.25) is 4.79 Å². The first-order chi connectivity index (χ1) is 12.7. The topological polar surface area (TPSA) is 66.8 Å².